The first-order valence-electron chi connectivity index (χ1n) is 7.68. The van der Waals surface area contributed by atoms with Crippen molar-refractivity contribution in [2.24, 2.45) is 5.73 Å². The number of unbranched alkanes of at least 4 members (excludes halogenated alkanes) is 3. The van der Waals surface area contributed by atoms with Gasteiger partial charge in [-0.2, -0.15) is 4.98 Å². The van der Waals surface area contributed by atoms with Gasteiger partial charge < -0.3 is 21.1 Å². The summed E-state index contributed by atoms with van der Waals surface area (Å²) in [4.78, 5) is 11.1. The maximum Gasteiger partial charge on any atom is 0.227 e. The Morgan fingerprint density at radius 3 is 2.64 bits per heavy atom. The van der Waals surface area contributed by atoms with Crippen LogP contribution in [0.5, 0.6) is 5.75 Å². The van der Waals surface area contributed by atoms with Gasteiger partial charge in [0.2, 0.25) is 5.95 Å². The molecule has 1 aromatic carbocycles. The second-order valence-electron chi connectivity index (χ2n) is 5.39. The molecule has 0 aliphatic rings. The summed E-state index contributed by atoms with van der Waals surface area (Å²) in [6.45, 7) is 1.66. The van der Waals surface area contributed by atoms with Gasteiger partial charge in [-0.1, -0.05) is 18.9 Å². The Labute approximate surface area is 131 Å². The van der Waals surface area contributed by atoms with Crippen molar-refractivity contribution in [3.63, 3.8) is 0 Å². The molecule has 6 heteroatoms. The molecule has 4 N–H and O–H groups in total. The van der Waals surface area contributed by atoms with Gasteiger partial charge in [-0.05, 0) is 31.5 Å². The van der Waals surface area contributed by atoms with E-state index in [1.165, 1.54) is 6.42 Å². The molecule has 0 spiro atoms. The summed E-state index contributed by atoms with van der Waals surface area (Å²) in [5.41, 5.74) is 12.3. The molecule has 1 heterocycles. The average Bonchev–Trinajstić information content (AvgIpc) is 2.53. The summed E-state index contributed by atoms with van der Waals surface area (Å²) in [5, 5.41) is 0.819. The fraction of sp³-hybridized carbons (Fsp3) is 0.500. The van der Waals surface area contributed by atoms with E-state index in [9.17, 15) is 0 Å². The molecule has 2 aromatic rings. The normalized spacial score (nSPS) is 10.9. The molecule has 1 aromatic heterocycles. The van der Waals surface area contributed by atoms with Crippen LogP contribution in [0.15, 0.2) is 18.2 Å². The van der Waals surface area contributed by atoms with Gasteiger partial charge in [0.1, 0.15) is 17.1 Å². The van der Waals surface area contributed by atoms with E-state index in [1.807, 2.05) is 30.1 Å². The molecule has 0 atom stereocenters. The van der Waals surface area contributed by atoms with Crippen LogP contribution in [-0.2, 0) is 0 Å². The van der Waals surface area contributed by atoms with Crippen molar-refractivity contribution in [1.82, 2.24) is 9.97 Å². The molecule has 0 saturated carbocycles. The van der Waals surface area contributed by atoms with Gasteiger partial charge in [0, 0.05) is 19.0 Å². The van der Waals surface area contributed by atoms with Crippen LogP contribution in [0.3, 0.4) is 0 Å². The van der Waals surface area contributed by atoms with Crippen LogP contribution >= 0.6 is 0 Å². The van der Waals surface area contributed by atoms with Gasteiger partial charge in [-0.25, -0.2) is 4.98 Å². The number of rotatable bonds is 8. The minimum atomic E-state index is 0.480. The smallest absolute Gasteiger partial charge is 0.227 e. The third-order valence-electron chi connectivity index (χ3n) is 3.72. The lowest BCUT2D eigenvalue weighted by Gasteiger charge is -2.18. The van der Waals surface area contributed by atoms with Gasteiger partial charge in [0.25, 0.3) is 0 Å². The topological polar surface area (TPSA) is 90.3 Å². The number of methoxy groups -OCH3 is 1. The van der Waals surface area contributed by atoms with E-state index in [1.54, 1.807) is 7.11 Å². The number of para-hydroxylation sites is 1. The molecular weight excluding hydrogens is 278 g/mol. The van der Waals surface area contributed by atoms with Crippen LogP contribution in [0.4, 0.5) is 11.8 Å². The van der Waals surface area contributed by atoms with Gasteiger partial charge in [-0.3, -0.25) is 0 Å². The number of fused-ring (bicyclic) bond motifs is 1. The lowest BCUT2D eigenvalue weighted by molar-refractivity contribution is 0.419. The molecular formula is C16H25N5O. The van der Waals surface area contributed by atoms with Crippen molar-refractivity contribution >= 4 is 22.7 Å². The zero-order valence-corrected chi connectivity index (χ0v) is 13.4. The van der Waals surface area contributed by atoms with E-state index in [2.05, 4.69) is 9.97 Å². The number of nitrogens with zero attached hydrogens (tertiary/aromatic N) is 3. The second kappa shape index (κ2) is 7.79. The Bertz CT molecular complexity index is 617. The Morgan fingerprint density at radius 1 is 1.14 bits per heavy atom. The molecule has 0 bridgehead atoms. The fourth-order valence-corrected chi connectivity index (χ4v) is 2.42. The van der Waals surface area contributed by atoms with Crippen LogP contribution in [0.25, 0.3) is 10.9 Å². The first kappa shape index (κ1) is 16.3. The molecule has 6 nitrogen and oxygen atoms in total. The van der Waals surface area contributed by atoms with Crippen molar-refractivity contribution in [3.05, 3.63) is 18.2 Å². The van der Waals surface area contributed by atoms with E-state index in [4.69, 9.17) is 16.2 Å². The van der Waals surface area contributed by atoms with Crippen molar-refractivity contribution in [2.45, 2.75) is 25.7 Å². The van der Waals surface area contributed by atoms with Crippen molar-refractivity contribution in [2.75, 3.05) is 37.9 Å². The summed E-state index contributed by atoms with van der Waals surface area (Å²) in [5.74, 6) is 1.83. The Hall–Kier alpha value is -2.08. The maximum absolute atomic E-state index is 6.07. The predicted molar refractivity (Wildman–Crippen MR) is 91.3 cm³/mol. The zero-order valence-electron chi connectivity index (χ0n) is 13.4. The van der Waals surface area contributed by atoms with Crippen molar-refractivity contribution < 1.29 is 4.74 Å². The lowest BCUT2D eigenvalue weighted by atomic mass is 10.2. The van der Waals surface area contributed by atoms with E-state index in [0.717, 1.165) is 43.3 Å². The third-order valence-corrected chi connectivity index (χ3v) is 3.72. The summed E-state index contributed by atoms with van der Waals surface area (Å²) in [6.07, 6.45) is 4.50. The summed E-state index contributed by atoms with van der Waals surface area (Å²) >= 11 is 0. The number of nitrogen functional groups attached to an aromatic ring is 1. The van der Waals surface area contributed by atoms with Gasteiger partial charge >= 0.3 is 0 Å². The van der Waals surface area contributed by atoms with Crippen LogP contribution in [0.2, 0.25) is 0 Å². The molecule has 0 fully saturated rings. The number of anilines is 2. The molecule has 120 valence electrons. The van der Waals surface area contributed by atoms with Crippen LogP contribution < -0.4 is 21.1 Å². The number of ether oxygens (including phenoxy) is 1. The predicted octanol–water partition coefficient (Wildman–Crippen LogP) is 2.18. The molecule has 0 saturated heterocycles. The highest BCUT2D eigenvalue weighted by molar-refractivity contribution is 5.93. The van der Waals surface area contributed by atoms with E-state index in [0.29, 0.717) is 17.5 Å². The fourth-order valence-electron chi connectivity index (χ4n) is 2.42. The molecule has 0 unspecified atom stereocenters. The molecule has 22 heavy (non-hydrogen) atoms. The second-order valence-corrected chi connectivity index (χ2v) is 5.39. The minimum absolute atomic E-state index is 0.480. The summed E-state index contributed by atoms with van der Waals surface area (Å²) in [6, 6.07) is 5.68. The van der Waals surface area contributed by atoms with E-state index >= 15 is 0 Å². The standard InChI is InChI=1S/C16H25N5O/c1-21(11-6-4-3-5-10-17)16-19-14-12(15(18)20-16)8-7-9-13(14)22-2/h7-9H,3-6,10-11,17H2,1-2H3,(H2,18,19,20). The minimum Gasteiger partial charge on any atom is -0.494 e. The summed E-state index contributed by atoms with van der Waals surface area (Å²) in [7, 11) is 3.62. The maximum atomic E-state index is 6.07. The monoisotopic (exact) mass is 303 g/mol. The Balaban J connectivity index is 2.14. The van der Waals surface area contributed by atoms with Crippen LogP contribution in [0, 0.1) is 0 Å². The number of aromatic nitrogens is 2. The Kier molecular flexibility index (Phi) is 5.77. The highest BCUT2D eigenvalue weighted by Gasteiger charge is 2.12. The van der Waals surface area contributed by atoms with Crippen LogP contribution in [-0.4, -0.2) is 37.2 Å². The Morgan fingerprint density at radius 2 is 1.91 bits per heavy atom. The molecule has 0 aliphatic carbocycles. The first-order valence-corrected chi connectivity index (χ1v) is 7.68. The largest absolute Gasteiger partial charge is 0.494 e. The number of hydrogen-bond donors (Lipinski definition) is 2. The molecule has 0 amide bonds. The van der Waals surface area contributed by atoms with E-state index < -0.39 is 0 Å². The molecule has 2 rings (SSSR count). The quantitative estimate of drug-likeness (QED) is 0.726. The van der Waals surface area contributed by atoms with Crippen molar-refractivity contribution in [1.29, 1.82) is 0 Å². The highest BCUT2D eigenvalue weighted by atomic mass is 16.5. The van der Waals surface area contributed by atoms with Crippen LogP contribution in [0.1, 0.15) is 25.7 Å². The van der Waals surface area contributed by atoms with E-state index in [-0.39, 0.29) is 0 Å². The average molecular weight is 303 g/mol. The van der Waals surface area contributed by atoms with Gasteiger partial charge in [0.15, 0.2) is 0 Å². The first-order chi connectivity index (χ1) is 10.7. The number of hydrogen-bond acceptors (Lipinski definition) is 6. The lowest BCUT2D eigenvalue weighted by Crippen LogP contribution is -2.21. The number of benzene rings is 1. The zero-order chi connectivity index (χ0) is 15.9. The SMILES string of the molecule is COc1cccc2c(N)nc(N(C)CCCCCCN)nc12. The molecule has 0 radical (unpaired) electrons. The van der Waals surface area contributed by atoms with Gasteiger partial charge in [0.05, 0.1) is 7.11 Å². The number of nitrogens with two attached hydrogens (primary N) is 2. The third kappa shape index (κ3) is 3.76. The van der Waals surface area contributed by atoms with Gasteiger partial charge in [-0.15, -0.1) is 0 Å². The highest BCUT2D eigenvalue weighted by Crippen LogP contribution is 2.28. The summed E-state index contributed by atoms with van der Waals surface area (Å²) < 4.78 is 5.37. The van der Waals surface area contributed by atoms with Crippen molar-refractivity contribution in [3.8, 4) is 5.75 Å². The molecule has 0 aliphatic heterocycles.